The van der Waals surface area contributed by atoms with Crippen LogP contribution in [0, 0.1) is 40.1 Å². The minimum absolute atomic E-state index is 0.183. The van der Waals surface area contributed by atoms with Crippen LogP contribution in [0.2, 0.25) is 0 Å². The fraction of sp³-hybridized carbons (Fsp3) is 0.0645. The lowest BCUT2D eigenvalue weighted by Crippen LogP contribution is -2.12. The van der Waals surface area contributed by atoms with Crippen molar-refractivity contribution in [3.05, 3.63) is 101 Å². The van der Waals surface area contributed by atoms with Gasteiger partial charge in [0.25, 0.3) is 0 Å². The molecular formula is C31H18F3N3O3. The number of halogens is 3. The van der Waals surface area contributed by atoms with E-state index in [2.05, 4.69) is 21.9 Å². The maximum absolute atomic E-state index is 15.1. The highest BCUT2D eigenvalue weighted by molar-refractivity contribution is 6.06. The molecule has 0 aliphatic heterocycles. The molecule has 40 heavy (non-hydrogen) atoms. The van der Waals surface area contributed by atoms with E-state index in [0.29, 0.717) is 33.3 Å². The second kappa shape index (κ2) is 10.7. The normalized spacial score (nSPS) is 10.7. The Labute approximate surface area is 226 Å². The minimum Gasteiger partial charge on any atom is -0.482 e. The standard InChI is InChI=1S/C31H18F3N3O3/c1-39-27(38)16-40-22-12-24(33)29(25(34)13-22)17-4-2-5-18(10-17)31-30(23-11-21(32)8-9-26(23)37-31)28-19(14-35)6-3-7-20(28)15-36/h2-13,37H,16H2,1H3. The van der Waals surface area contributed by atoms with Gasteiger partial charge in [0.05, 0.1) is 41.6 Å². The number of H-pyrrole nitrogens is 1. The van der Waals surface area contributed by atoms with Crippen LogP contribution in [0.4, 0.5) is 13.2 Å². The van der Waals surface area contributed by atoms with Gasteiger partial charge in [-0.05, 0) is 47.5 Å². The highest BCUT2D eigenvalue weighted by atomic mass is 19.1. The van der Waals surface area contributed by atoms with Crippen molar-refractivity contribution >= 4 is 16.9 Å². The molecule has 9 heteroatoms. The van der Waals surface area contributed by atoms with E-state index in [-0.39, 0.29) is 28.0 Å². The molecule has 5 aromatic rings. The Morgan fingerprint density at radius 3 is 2.12 bits per heavy atom. The predicted octanol–water partition coefficient (Wildman–Crippen LogP) is 6.88. The Morgan fingerprint density at radius 1 is 0.825 bits per heavy atom. The fourth-order valence-corrected chi connectivity index (χ4v) is 4.59. The van der Waals surface area contributed by atoms with Gasteiger partial charge in [-0.3, -0.25) is 0 Å². The number of carbonyl (C=O) groups excluding carboxylic acids is 1. The smallest absolute Gasteiger partial charge is 0.343 e. The van der Waals surface area contributed by atoms with E-state index >= 15 is 8.78 Å². The number of aromatic amines is 1. The number of nitrogens with zero attached hydrogens (tertiary/aromatic N) is 2. The molecule has 0 fully saturated rings. The number of hydrogen-bond acceptors (Lipinski definition) is 5. The SMILES string of the molecule is COC(=O)COc1cc(F)c(-c2cccc(-c3[nH]c4ccc(F)cc4c3-c3c(C#N)cccc3C#N)c2)c(F)c1. The molecule has 0 unspecified atom stereocenters. The second-order valence-corrected chi connectivity index (χ2v) is 8.72. The first-order valence-corrected chi connectivity index (χ1v) is 11.9. The Morgan fingerprint density at radius 2 is 1.48 bits per heavy atom. The summed E-state index contributed by atoms with van der Waals surface area (Å²) >= 11 is 0. The van der Waals surface area contributed by atoms with Gasteiger partial charge >= 0.3 is 5.97 Å². The molecule has 0 spiro atoms. The van der Waals surface area contributed by atoms with E-state index in [1.165, 1.54) is 24.3 Å². The molecule has 6 nitrogen and oxygen atoms in total. The summed E-state index contributed by atoms with van der Waals surface area (Å²) in [6.07, 6.45) is 0. The molecule has 0 saturated heterocycles. The van der Waals surface area contributed by atoms with Crippen LogP contribution in [0.5, 0.6) is 5.75 Å². The molecule has 196 valence electrons. The number of carbonyl (C=O) groups is 1. The number of nitrogens with one attached hydrogen (secondary N) is 1. The minimum atomic E-state index is -0.919. The molecule has 0 saturated carbocycles. The molecule has 0 atom stereocenters. The number of esters is 1. The molecule has 1 N–H and O–H groups in total. The maximum atomic E-state index is 15.1. The number of rotatable bonds is 6. The van der Waals surface area contributed by atoms with Crippen LogP contribution < -0.4 is 4.74 Å². The van der Waals surface area contributed by atoms with E-state index in [4.69, 9.17) is 4.74 Å². The van der Waals surface area contributed by atoms with Gasteiger partial charge in [0, 0.05) is 34.2 Å². The van der Waals surface area contributed by atoms with Crippen LogP contribution in [0.25, 0.3) is 44.4 Å². The van der Waals surface area contributed by atoms with Crippen LogP contribution in [-0.2, 0) is 9.53 Å². The molecule has 0 bridgehead atoms. The Kier molecular flexibility index (Phi) is 6.96. The third-order valence-electron chi connectivity index (χ3n) is 6.36. The van der Waals surface area contributed by atoms with E-state index in [1.807, 2.05) is 0 Å². The molecule has 0 amide bonds. The van der Waals surface area contributed by atoms with Crippen LogP contribution in [0.15, 0.2) is 72.8 Å². The summed E-state index contributed by atoms with van der Waals surface area (Å²) < 4.78 is 54.2. The molecule has 4 aromatic carbocycles. The van der Waals surface area contributed by atoms with Crippen LogP contribution in [-0.4, -0.2) is 24.7 Å². The summed E-state index contributed by atoms with van der Waals surface area (Å²) in [6, 6.07) is 21.3. The van der Waals surface area contributed by atoms with Crippen molar-refractivity contribution in [2.45, 2.75) is 0 Å². The zero-order chi connectivity index (χ0) is 28.4. The van der Waals surface area contributed by atoms with Crippen molar-refractivity contribution < 1.29 is 27.4 Å². The second-order valence-electron chi connectivity index (χ2n) is 8.72. The summed E-state index contributed by atoms with van der Waals surface area (Å²) in [5.74, 6) is -3.24. The first kappa shape index (κ1) is 26.1. The van der Waals surface area contributed by atoms with Crippen LogP contribution in [0.1, 0.15) is 11.1 Å². The van der Waals surface area contributed by atoms with E-state index < -0.39 is 30.0 Å². The molecule has 0 aliphatic carbocycles. The van der Waals surface area contributed by atoms with Crippen LogP contribution >= 0.6 is 0 Å². The third kappa shape index (κ3) is 4.72. The average Bonchev–Trinajstić information content (AvgIpc) is 3.33. The molecule has 0 radical (unpaired) electrons. The van der Waals surface area contributed by atoms with Crippen molar-refractivity contribution in [2.75, 3.05) is 13.7 Å². The van der Waals surface area contributed by atoms with E-state index in [0.717, 1.165) is 19.2 Å². The molecule has 5 rings (SSSR count). The number of methoxy groups -OCH3 is 1. The van der Waals surface area contributed by atoms with E-state index in [9.17, 15) is 19.7 Å². The first-order chi connectivity index (χ1) is 19.3. The predicted molar refractivity (Wildman–Crippen MR) is 141 cm³/mol. The lowest BCUT2D eigenvalue weighted by molar-refractivity contribution is -0.142. The van der Waals surface area contributed by atoms with Gasteiger partial charge in [0.1, 0.15) is 23.2 Å². The van der Waals surface area contributed by atoms with Gasteiger partial charge in [-0.1, -0.05) is 24.3 Å². The van der Waals surface area contributed by atoms with Crippen LogP contribution in [0.3, 0.4) is 0 Å². The summed E-state index contributed by atoms with van der Waals surface area (Å²) in [5.41, 5.74) is 2.46. The lowest BCUT2D eigenvalue weighted by atomic mass is 9.90. The summed E-state index contributed by atoms with van der Waals surface area (Å²) in [6.45, 7) is -0.511. The highest BCUT2D eigenvalue weighted by Crippen LogP contribution is 2.42. The summed E-state index contributed by atoms with van der Waals surface area (Å²) in [5, 5.41) is 20.1. The third-order valence-corrected chi connectivity index (χ3v) is 6.36. The van der Waals surface area contributed by atoms with Gasteiger partial charge in [-0.25, -0.2) is 18.0 Å². The van der Waals surface area contributed by atoms with Gasteiger partial charge in [-0.15, -0.1) is 0 Å². The van der Waals surface area contributed by atoms with Gasteiger partial charge in [0.15, 0.2) is 6.61 Å². The Balaban J connectivity index is 1.69. The van der Waals surface area contributed by atoms with Crippen molar-refractivity contribution in [1.29, 1.82) is 10.5 Å². The van der Waals surface area contributed by atoms with Gasteiger partial charge in [-0.2, -0.15) is 10.5 Å². The number of ether oxygens (including phenoxy) is 2. The zero-order valence-electron chi connectivity index (χ0n) is 20.9. The first-order valence-electron chi connectivity index (χ1n) is 11.9. The Hall–Kier alpha value is -5.54. The largest absolute Gasteiger partial charge is 0.482 e. The summed E-state index contributed by atoms with van der Waals surface area (Å²) in [4.78, 5) is 14.5. The molecule has 0 aliphatic rings. The van der Waals surface area contributed by atoms with Crippen molar-refractivity contribution in [1.82, 2.24) is 4.98 Å². The maximum Gasteiger partial charge on any atom is 0.343 e. The van der Waals surface area contributed by atoms with Crippen molar-refractivity contribution in [2.24, 2.45) is 0 Å². The highest BCUT2D eigenvalue weighted by Gasteiger charge is 2.22. The number of benzene rings is 4. The topological polar surface area (TPSA) is 98.9 Å². The quantitative estimate of drug-likeness (QED) is 0.238. The number of nitriles is 2. The van der Waals surface area contributed by atoms with Gasteiger partial charge < -0.3 is 14.5 Å². The molecule has 1 heterocycles. The number of fused-ring (bicyclic) bond motifs is 1. The number of hydrogen-bond donors (Lipinski definition) is 1. The number of aromatic nitrogens is 1. The molecule has 1 aromatic heterocycles. The molecular weight excluding hydrogens is 519 g/mol. The average molecular weight is 537 g/mol. The zero-order valence-corrected chi connectivity index (χ0v) is 20.9. The van der Waals surface area contributed by atoms with Crippen molar-refractivity contribution in [3.8, 4) is 51.4 Å². The fourth-order valence-electron chi connectivity index (χ4n) is 4.59. The van der Waals surface area contributed by atoms with E-state index in [1.54, 1.807) is 36.4 Å². The summed E-state index contributed by atoms with van der Waals surface area (Å²) in [7, 11) is 1.16. The Bertz CT molecular complexity index is 1830. The van der Waals surface area contributed by atoms with Gasteiger partial charge in [0.2, 0.25) is 0 Å². The lowest BCUT2D eigenvalue weighted by Gasteiger charge is -2.12. The van der Waals surface area contributed by atoms with Crippen molar-refractivity contribution in [3.63, 3.8) is 0 Å². The monoisotopic (exact) mass is 537 g/mol.